The van der Waals surface area contributed by atoms with Gasteiger partial charge in [-0.3, -0.25) is 4.79 Å². The minimum Gasteiger partial charge on any atom is -0.385 e. The van der Waals surface area contributed by atoms with E-state index in [2.05, 4.69) is 91.0 Å². The highest BCUT2D eigenvalue weighted by Crippen LogP contribution is 2.47. The number of Topliss-reactive ketones (excluding diaryl/α,β-unsaturated/α-hetero) is 1. The van der Waals surface area contributed by atoms with Crippen LogP contribution in [0.4, 0.5) is 5.69 Å². The molecule has 1 N–H and O–H groups in total. The molecule has 0 bridgehead atoms. The Balaban J connectivity index is 1.47. The van der Waals surface area contributed by atoms with Crippen LogP contribution in [0.1, 0.15) is 120 Å². The lowest BCUT2D eigenvalue weighted by molar-refractivity contribution is 0.0986. The Hall–Kier alpha value is -2.09. The number of fused-ring (bicyclic) bond motifs is 2. The second-order valence-corrected chi connectivity index (χ2v) is 13.2. The van der Waals surface area contributed by atoms with Gasteiger partial charge < -0.3 is 5.32 Å². The van der Waals surface area contributed by atoms with Crippen LogP contribution in [0.15, 0.2) is 36.4 Å². The van der Waals surface area contributed by atoms with Gasteiger partial charge in [-0.05, 0) is 87.8 Å². The summed E-state index contributed by atoms with van der Waals surface area (Å²) >= 11 is 0. The number of hydrogen-bond donors (Lipinski definition) is 1. The maximum Gasteiger partial charge on any atom is 0.164 e. The fourth-order valence-electron chi connectivity index (χ4n) is 5.93. The highest BCUT2D eigenvalue weighted by molar-refractivity contribution is 5.96. The van der Waals surface area contributed by atoms with E-state index in [4.69, 9.17) is 0 Å². The fourth-order valence-corrected chi connectivity index (χ4v) is 5.93. The zero-order valence-corrected chi connectivity index (χ0v) is 22.1. The SMILES string of the molecule is CC1(C)CCC(C)(C)c2cc(NCCC(=O)c3ccc4c(c3)C(C)(C)CCC4(C)C)ccc21. The summed E-state index contributed by atoms with van der Waals surface area (Å²) in [5.74, 6) is 0.226. The van der Waals surface area contributed by atoms with E-state index in [1.807, 2.05) is 6.07 Å². The van der Waals surface area contributed by atoms with E-state index in [0.29, 0.717) is 13.0 Å². The molecular formula is C31H43NO. The lowest BCUT2D eigenvalue weighted by Crippen LogP contribution is -2.34. The zero-order chi connectivity index (χ0) is 24.2. The maximum absolute atomic E-state index is 13.1. The predicted octanol–water partition coefficient (Wildman–Crippen LogP) is 8.07. The van der Waals surface area contributed by atoms with Crippen LogP contribution >= 0.6 is 0 Å². The molecule has 0 saturated carbocycles. The van der Waals surface area contributed by atoms with E-state index in [9.17, 15) is 4.79 Å². The Morgan fingerprint density at radius 2 is 1.12 bits per heavy atom. The average molecular weight is 446 g/mol. The van der Waals surface area contributed by atoms with Crippen molar-refractivity contribution in [1.82, 2.24) is 0 Å². The summed E-state index contributed by atoms with van der Waals surface area (Å²) < 4.78 is 0. The van der Waals surface area contributed by atoms with E-state index in [1.54, 1.807) is 0 Å². The Labute approximate surface area is 201 Å². The van der Waals surface area contributed by atoms with Gasteiger partial charge in [-0.25, -0.2) is 0 Å². The average Bonchev–Trinajstić information content (AvgIpc) is 2.74. The number of hydrogen-bond acceptors (Lipinski definition) is 2. The largest absolute Gasteiger partial charge is 0.385 e. The predicted molar refractivity (Wildman–Crippen MR) is 141 cm³/mol. The molecule has 4 rings (SSSR count). The number of carbonyl (C=O) groups excluding carboxylic acids is 1. The van der Waals surface area contributed by atoms with Crippen LogP contribution in [-0.2, 0) is 21.7 Å². The van der Waals surface area contributed by atoms with E-state index in [0.717, 1.165) is 17.7 Å². The summed E-state index contributed by atoms with van der Waals surface area (Å²) in [7, 11) is 0. The number of rotatable bonds is 5. The number of carbonyl (C=O) groups is 1. The molecule has 0 aromatic heterocycles. The minimum atomic E-state index is 0.128. The van der Waals surface area contributed by atoms with Crippen molar-refractivity contribution >= 4 is 11.5 Å². The second kappa shape index (κ2) is 8.00. The molecule has 0 amide bonds. The monoisotopic (exact) mass is 445 g/mol. The minimum absolute atomic E-state index is 0.128. The molecule has 0 unspecified atom stereocenters. The highest BCUT2D eigenvalue weighted by atomic mass is 16.1. The van der Waals surface area contributed by atoms with Gasteiger partial charge in [0.15, 0.2) is 5.78 Å². The maximum atomic E-state index is 13.1. The van der Waals surface area contributed by atoms with Gasteiger partial charge in [0.1, 0.15) is 0 Å². The van der Waals surface area contributed by atoms with E-state index < -0.39 is 0 Å². The molecule has 0 saturated heterocycles. The summed E-state index contributed by atoms with van der Waals surface area (Å²) in [6.07, 6.45) is 5.30. The number of benzene rings is 2. The molecule has 0 spiro atoms. The third kappa shape index (κ3) is 4.51. The molecule has 2 aliphatic rings. The van der Waals surface area contributed by atoms with Crippen LogP contribution in [-0.4, -0.2) is 12.3 Å². The molecule has 2 aliphatic carbocycles. The van der Waals surface area contributed by atoms with Crippen LogP contribution < -0.4 is 5.32 Å². The van der Waals surface area contributed by atoms with Gasteiger partial charge in [0.05, 0.1) is 0 Å². The topological polar surface area (TPSA) is 29.1 Å². The van der Waals surface area contributed by atoms with Crippen molar-refractivity contribution in [2.45, 2.75) is 109 Å². The van der Waals surface area contributed by atoms with E-state index >= 15 is 0 Å². The van der Waals surface area contributed by atoms with Crippen molar-refractivity contribution < 1.29 is 4.79 Å². The molecule has 0 atom stereocenters. The molecule has 0 aliphatic heterocycles. The first-order valence-electron chi connectivity index (χ1n) is 12.8. The lowest BCUT2D eigenvalue weighted by Gasteiger charge is -2.42. The van der Waals surface area contributed by atoms with Gasteiger partial charge in [-0.15, -0.1) is 0 Å². The smallest absolute Gasteiger partial charge is 0.164 e. The normalized spacial score (nSPS) is 21.6. The van der Waals surface area contributed by atoms with Crippen molar-refractivity contribution in [2.24, 2.45) is 0 Å². The van der Waals surface area contributed by atoms with Gasteiger partial charge in [0, 0.05) is 24.2 Å². The van der Waals surface area contributed by atoms with Gasteiger partial charge in [-0.2, -0.15) is 0 Å². The summed E-state index contributed by atoms with van der Waals surface area (Å²) in [4.78, 5) is 13.1. The van der Waals surface area contributed by atoms with Crippen LogP contribution in [0.25, 0.3) is 0 Å². The van der Waals surface area contributed by atoms with Gasteiger partial charge in [0.25, 0.3) is 0 Å². The first kappa shape index (κ1) is 24.0. The molecule has 178 valence electrons. The van der Waals surface area contributed by atoms with Crippen molar-refractivity contribution in [2.75, 3.05) is 11.9 Å². The Bertz CT molecular complexity index is 1070. The third-order valence-electron chi connectivity index (χ3n) is 8.71. The van der Waals surface area contributed by atoms with Gasteiger partial charge in [-0.1, -0.05) is 73.6 Å². The molecule has 33 heavy (non-hydrogen) atoms. The van der Waals surface area contributed by atoms with Crippen LogP contribution in [0, 0.1) is 0 Å². The standard InChI is InChI=1S/C31H43NO/c1-28(2)14-16-30(5,6)25-19-21(9-11-23(25)28)27(33)13-18-32-22-10-12-24-26(20-22)31(7,8)17-15-29(24,3)4/h9-12,19-20,32H,13-18H2,1-8H3. The fraction of sp³-hybridized carbons (Fsp3) is 0.581. The number of ketones is 1. The summed E-state index contributed by atoms with van der Waals surface area (Å²) in [6, 6.07) is 13.3. The summed E-state index contributed by atoms with van der Waals surface area (Å²) in [6.45, 7) is 19.4. The molecule has 2 nitrogen and oxygen atoms in total. The first-order valence-corrected chi connectivity index (χ1v) is 12.8. The Morgan fingerprint density at radius 3 is 1.67 bits per heavy atom. The molecular weight excluding hydrogens is 402 g/mol. The van der Waals surface area contributed by atoms with Crippen LogP contribution in [0.5, 0.6) is 0 Å². The Kier molecular flexibility index (Phi) is 5.83. The third-order valence-corrected chi connectivity index (χ3v) is 8.71. The first-order chi connectivity index (χ1) is 15.2. The Morgan fingerprint density at radius 1 is 0.667 bits per heavy atom. The lowest BCUT2D eigenvalue weighted by atomic mass is 9.63. The van der Waals surface area contributed by atoms with Crippen molar-refractivity contribution in [3.8, 4) is 0 Å². The van der Waals surface area contributed by atoms with Crippen LogP contribution in [0.3, 0.4) is 0 Å². The second-order valence-electron chi connectivity index (χ2n) is 13.2. The quantitative estimate of drug-likeness (QED) is 0.471. The molecule has 2 heteroatoms. The molecule has 0 fully saturated rings. The van der Waals surface area contributed by atoms with Crippen molar-refractivity contribution in [3.05, 3.63) is 64.2 Å². The van der Waals surface area contributed by atoms with E-state index in [1.165, 1.54) is 41.5 Å². The van der Waals surface area contributed by atoms with Crippen molar-refractivity contribution in [1.29, 1.82) is 0 Å². The molecule has 2 aromatic rings. The molecule has 0 radical (unpaired) electrons. The summed E-state index contributed by atoms with van der Waals surface area (Å²) in [5, 5.41) is 3.53. The highest BCUT2D eigenvalue weighted by Gasteiger charge is 2.38. The van der Waals surface area contributed by atoms with Crippen LogP contribution in [0.2, 0.25) is 0 Å². The van der Waals surface area contributed by atoms with Crippen molar-refractivity contribution in [3.63, 3.8) is 0 Å². The van der Waals surface area contributed by atoms with Gasteiger partial charge >= 0.3 is 0 Å². The zero-order valence-electron chi connectivity index (χ0n) is 22.1. The molecule has 0 heterocycles. The number of anilines is 1. The summed E-state index contributed by atoms with van der Waals surface area (Å²) in [5.41, 5.74) is 8.41. The van der Waals surface area contributed by atoms with Gasteiger partial charge in [0.2, 0.25) is 0 Å². The number of nitrogens with one attached hydrogen (secondary N) is 1. The molecule has 2 aromatic carbocycles. The van der Waals surface area contributed by atoms with E-state index in [-0.39, 0.29) is 27.4 Å².